The number of carbonyl (C=O) groups is 1. The fourth-order valence-electron chi connectivity index (χ4n) is 1.41. The lowest BCUT2D eigenvalue weighted by atomic mass is 10.2. The van der Waals surface area contributed by atoms with Crippen LogP contribution in [0.25, 0.3) is 0 Å². The van der Waals surface area contributed by atoms with Gasteiger partial charge in [0.1, 0.15) is 5.82 Å². The summed E-state index contributed by atoms with van der Waals surface area (Å²) in [6.45, 7) is 0. The lowest BCUT2D eigenvalue weighted by Gasteiger charge is -2.07. The normalized spacial score (nSPS) is 10.2. The van der Waals surface area contributed by atoms with Gasteiger partial charge in [0.25, 0.3) is 0 Å². The summed E-state index contributed by atoms with van der Waals surface area (Å²) in [5.74, 6) is -0.634. The van der Waals surface area contributed by atoms with Crippen molar-refractivity contribution in [1.82, 2.24) is 0 Å². The first kappa shape index (κ1) is 11.6. The Labute approximate surface area is 102 Å². The molecule has 0 fully saturated rings. The van der Waals surface area contributed by atoms with E-state index in [9.17, 15) is 9.18 Å². The van der Waals surface area contributed by atoms with Crippen LogP contribution in [-0.4, -0.2) is 5.91 Å². The highest BCUT2D eigenvalue weighted by atomic mass is 32.1. The number of hydrogen-bond acceptors (Lipinski definition) is 3. The van der Waals surface area contributed by atoms with Crippen molar-refractivity contribution in [3.05, 3.63) is 46.4 Å². The number of rotatable bonds is 3. The number of nitrogen functional groups attached to an aromatic ring is 1. The van der Waals surface area contributed by atoms with Crippen molar-refractivity contribution in [3.8, 4) is 0 Å². The van der Waals surface area contributed by atoms with Gasteiger partial charge in [-0.2, -0.15) is 11.3 Å². The molecule has 3 nitrogen and oxygen atoms in total. The van der Waals surface area contributed by atoms with Crippen LogP contribution >= 0.6 is 11.3 Å². The molecule has 0 aliphatic rings. The Balaban J connectivity index is 2.05. The summed E-state index contributed by atoms with van der Waals surface area (Å²) in [5, 5.41) is 6.39. The zero-order valence-corrected chi connectivity index (χ0v) is 9.76. The lowest BCUT2D eigenvalue weighted by molar-refractivity contribution is -0.115. The van der Waals surface area contributed by atoms with E-state index in [2.05, 4.69) is 5.32 Å². The summed E-state index contributed by atoms with van der Waals surface area (Å²) in [5.41, 5.74) is 7.23. The molecule has 1 amide bonds. The predicted octanol–water partition coefficient (Wildman–Crippen LogP) is 2.65. The molecule has 0 radical (unpaired) electrons. The number of carbonyl (C=O) groups excluding carboxylic acids is 1. The van der Waals surface area contributed by atoms with Crippen molar-refractivity contribution in [2.45, 2.75) is 6.42 Å². The van der Waals surface area contributed by atoms with Crippen LogP contribution in [0.4, 0.5) is 15.8 Å². The molecule has 2 rings (SSSR count). The van der Waals surface area contributed by atoms with Crippen LogP contribution in [0.5, 0.6) is 0 Å². The maximum atomic E-state index is 13.0. The van der Waals surface area contributed by atoms with E-state index in [0.717, 1.165) is 5.56 Å². The Morgan fingerprint density at radius 1 is 1.41 bits per heavy atom. The Kier molecular flexibility index (Phi) is 3.39. The number of thiophene rings is 1. The molecule has 0 saturated heterocycles. The van der Waals surface area contributed by atoms with Crippen LogP contribution < -0.4 is 11.1 Å². The summed E-state index contributed by atoms with van der Waals surface area (Å²) >= 11 is 1.53. The third kappa shape index (κ3) is 3.04. The first-order valence-corrected chi connectivity index (χ1v) is 5.95. The van der Waals surface area contributed by atoms with Gasteiger partial charge in [0.2, 0.25) is 5.91 Å². The molecule has 1 heterocycles. The molecular formula is C12H11FN2OS. The first-order chi connectivity index (χ1) is 8.15. The van der Waals surface area contributed by atoms with Crippen LogP contribution in [-0.2, 0) is 11.2 Å². The van der Waals surface area contributed by atoms with E-state index in [0.29, 0.717) is 11.4 Å². The number of nitrogens with two attached hydrogens (primary N) is 1. The van der Waals surface area contributed by atoms with Gasteiger partial charge < -0.3 is 11.1 Å². The molecule has 1 aromatic heterocycles. The second-order valence-corrected chi connectivity index (χ2v) is 4.37. The maximum Gasteiger partial charge on any atom is 0.228 e. The molecule has 1 aromatic carbocycles. The Hall–Kier alpha value is -1.88. The Morgan fingerprint density at radius 3 is 2.94 bits per heavy atom. The fraction of sp³-hybridized carbons (Fsp3) is 0.0833. The number of benzene rings is 1. The molecule has 0 atom stereocenters. The van der Waals surface area contributed by atoms with E-state index in [4.69, 9.17) is 5.73 Å². The number of amides is 1. The highest BCUT2D eigenvalue weighted by Crippen LogP contribution is 2.19. The van der Waals surface area contributed by atoms with Gasteiger partial charge in [0.05, 0.1) is 17.8 Å². The van der Waals surface area contributed by atoms with Crippen molar-refractivity contribution in [3.63, 3.8) is 0 Å². The molecule has 0 spiro atoms. The third-order valence-corrected chi connectivity index (χ3v) is 2.97. The molecule has 0 unspecified atom stereocenters. The second kappa shape index (κ2) is 4.97. The van der Waals surface area contributed by atoms with E-state index >= 15 is 0 Å². The summed E-state index contributed by atoms with van der Waals surface area (Å²) in [4.78, 5) is 11.7. The smallest absolute Gasteiger partial charge is 0.228 e. The van der Waals surface area contributed by atoms with Gasteiger partial charge in [-0.1, -0.05) is 0 Å². The van der Waals surface area contributed by atoms with Gasteiger partial charge in [-0.3, -0.25) is 4.79 Å². The minimum atomic E-state index is -0.426. The maximum absolute atomic E-state index is 13.0. The Morgan fingerprint density at radius 2 is 2.24 bits per heavy atom. The summed E-state index contributed by atoms with van der Waals surface area (Å²) in [6, 6.07) is 5.76. The molecule has 0 aliphatic carbocycles. The van der Waals surface area contributed by atoms with Crippen molar-refractivity contribution in [2.24, 2.45) is 0 Å². The predicted molar refractivity (Wildman–Crippen MR) is 67.5 cm³/mol. The van der Waals surface area contributed by atoms with Crippen LogP contribution in [0.1, 0.15) is 5.56 Å². The van der Waals surface area contributed by atoms with Gasteiger partial charge >= 0.3 is 0 Å². The van der Waals surface area contributed by atoms with E-state index in [1.54, 1.807) is 0 Å². The van der Waals surface area contributed by atoms with Gasteiger partial charge in [-0.05, 0) is 40.6 Å². The highest BCUT2D eigenvalue weighted by molar-refractivity contribution is 7.08. The van der Waals surface area contributed by atoms with Crippen LogP contribution in [0, 0.1) is 5.82 Å². The first-order valence-electron chi connectivity index (χ1n) is 5.01. The molecule has 17 heavy (non-hydrogen) atoms. The summed E-state index contributed by atoms with van der Waals surface area (Å²) in [7, 11) is 0. The topological polar surface area (TPSA) is 55.1 Å². The molecule has 3 N–H and O–H groups in total. The van der Waals surface area contributed by atoms with Crippen LogP contribution in [0.3, 0.4) is 0 Å². The number of nitrogens with one attached hydrogen (secondary N) is 1. The van der Waals surface area contributed by atoms with Gasteiger partial charge in [-0.15, -0.1) is 0 Å². The molecule has 88 valence electrons. The number of anilines is 2. The number of hydrogen-bond donors (Lipinski definition) is 2. The van der Waals surface area contributed by atoms with Crippen molar-refractivity contribution in [1.29, 1.82) is 0 Å². The van der Waals surface area contributed by atoms with Crippen molar-refractivity contribution in [2.75, 3.05) is 11.1 Å². The minimum Gasteiger partial charge on any atom is -0.397 e. The van der Waals surface area contributed by atoms with E-state index in [1.807, 2.05) is 16.8 Å². The summed E-state index contributed by atoms with van der Waals surface area (Å²) < 4.78 is 13.0. The molecule has 0 bridgehead atoms. The molecule has 5 heteroatoms. The van der Waals surface area contributed by atoms with Crippen LogP contribution in [0.15, 0.2) is 35.0 Å². The van der Waals surface area contributed by atoms with Crippen LogP contribution in [0.2, 0.25) is 0 Å². The Bertz CT molecular complexity index is 525. The quantitative estimate of drug-likeness (QED) is 0.823. The molecular weight excluding hydrogens is 239 g/mol. The molecule has 2 aromatic rings. The number of halogens is 1. The largest absolute Gasteiger partial charge is 0.397 e. The van der Waals surface area contributed by atoms with Gasteiger partial charge in [-0.25, -0.2) is 4.39 Å². The van der Waals surface area contributed by atoms with E-state index in [-0.39, 0.29) is 12.3 Å². The van der Waals surface area contributed by atoms with E-state index < -0.39 is 5.82 Å². The monoisotopic (exact) mass is 250 g/mol. The molecule has 0 aliphatic heterocycles. The minimum absolute atomic E-state index is 0.208. The third-order valence-electron chi connectivity index (χ3n) is 2.23. The zero-order chi connectivity index (χ0) is 12.3. The van der Waals surface area contributed by atoms with E-state index in [1.165, 1.54) is 29.5 Å². The SMILES string of the molecule is Nc1ccc(F)cc1NC(=O)Cc1ccsc1. The van der Waals surface area contributed by atoms with Crippen molar-refractivity contribution >= 4 is 28.6 Å². The van der Waals surface area contributed by atoms with Gasteiger partial charge in [0, 0.05) is 0 Å². The average molecular weight is 250 g/mol. The zero-order valence-electron chi connectivity index (χ0n) is 8.94. The lowest BCUT2D eigenvalue weighted by Crippen LogP contribution is -2.15. The highest BCUT2D eigenvalue weighted by Gasteiger charge is 2.07. The second-order valence-electron chi connectivity index (χ2n) is 3.59. The standard InChI is InChI=1S/C12H11FN2OS/c13-9-1-2-10(14)11(6-9)15-12(16)5-8-3-4-17-7-8/h1-4,6-7H,5,14H2,(H,15,16). The molecule has 0 saturated carbocycles. The van der Waals surface area contributed by atoms with Crippen molar-refractivity contribution < 1.29 is 9.18 Å². The fourth-order valence-corrected chi connectivity index (χ4v) is 2.08. The summed E-state index contributed by atoms with van der Waals surface area (Å²) in [6.07, 6.45) is 0.263. The average Bonchev–Trinajstić information content (AvgIpc) is 2.76. The van der Waals surface area contributed by atoms with Gasteiger partial charge in [0.15, 0.2) is 0 Å².